The van der Waals surface area contributed by atoms with Gasteiger partial charge in [0.05, 0.1) is 6.54 Å². The molecule has 1 aliphatic rings. The molecular formula is C20H25FN4O. The molecule has 1 aliphatic heterocycles. The lowest BCUT2D eigenvalue weighted by Gasteiger charge is -2.34. The van der Waals surface area contributed by atoms with Crippen LogP contribution >= 0.6 is 0 Å². The van der Waals surface area contributed by atoms with Gasteiger partial charge in [0.2, 0.25) is 5.91 Å². The zero-order chi connectivity index (χ0) is 18.5. The first-order chi connectivity index (χ1) is 12.5. The van der Waals surface area contributed by atoms with Crippen LogP contribution in [0, 0.1) is 19.7 Å². The van der Waals surface area contributed by atoms with Crippen LogP contribution in [0.15, 0.2) is 36.7 Å². The molecule has 5 nitrogen and oxygen atoms in total. The number of nitrogens with zero attached hydrogens (tertiary/aromatic N) is 3. The SMILES string of the molecule is Cc1ccc(NC(=O)CN2CCN(Cc3cnccc3C)CC2)cc1F. The maximum atomic E-state index is 13.6. The molecule has 1 aromatic carbocycles. The Morgan fingerprint density at radius 1 is 1.12 bits per heavy atom. The number of nitrogens with one attached hydrogen (secondary N) is 1. The largest absolute Gasteiger partial charge is 0.325 e. The van der Waals surface area contributed by atoms with E-state index in [1.165, 1.54) is 17.2 Å². The van der Waals surface area contributed by atoms with Crippen LogP contribution in [0.4, 0.5) is 10.1 Å². The fraction of sp³-hybridized carbons (Fsp3) is 0.400. The smallest absolute Gasteiger partial charge is 0.238 e. The first-order valence-corrected chi connectivity index (χ1v) is 8.91. The molecule has 3 rings (SSSR count). The van der Waals surface area contributed by atoms with E-state index in [2.05, 4.69) is 27.0 Å². The summed E-state index contributed by atoms with van der Waals surface area (Å²) in [5.74, 6) is -0.410. The van der Waals surface area contributed by atoms with Crippen molar-refractivity contribution in [1.29, 1.82) is 0 Å². The number of rotatable bonds is 5. The predicted octanol–water partition coefficient (Wildman–Crippen LogP) is 2.59. The summed E-state index contributed by atoms with van der Waals surface area (Å²) in [6.07, 6.45) is 3.74. The summed E-state index contributed by atoms with van der Waals surface area (Å²) in [6.45, 7) is 8.54. The van der Waals surface area contributed by atoms with Crippen LogP contribution in [0.1, 0.15) is 16.7 Å². The van der Waals surface area contributed by atoms with Crippen molar-refractivity contribution in [1.82, 2.24) is 14.8 Å². The summed E-state index contributed by atoms with van der Waals surface area (Å²) < 4.78 is 13.6. The minimum absolute atomic E-state index is 0.107. The minimum atomic E-state index is -0.304. The summed E-state index contributed by atoms with van der Waals surface area (Å²) in [6, 6.07) is 6.79. The Bertz CT molecular complexity index is 772. The van der Waals surface area contributed by atoms with Crippen molar-refractivity contribution in [2.45, 2.75) is 20.4 Å². The number of piperazine rings is 1. The van der Waals surface area contributed by atoms with Crippen LogP contribution in [-0.4, -0.2) is 53.4 Å². The van der Waals surface area contributed by atoms with Crippen LogP contribution in [-0.2, 0) is 11.3 Å². The van der Waals surface area contributed by atoms with Crippen molar-refractivity contribution in [2.24, 2.45) is 0 Å². The van der Waals surface area contributed by atoms with E-state index in [9.17, 15) is 9.18 Å². The Morgan fingerprint density at radius 2 is 1.85 bits per heavy atom. The fourth-order valence-corrected chi connectivity index (χ4v) is 3.08. The van der Waals surface area contributed by atoms with Crippen molar-refractivity contribution in [3.05, 3.63) is 59.2 Å². The standard InChI is InChI=1S/C20H25FN4O/c1-15-5-6-22-12-17(15)13-24-7-9-25(10-8-24)14-20(26)23-18-4-3-16(2)19(21)11-18/h3-6,11-12H,7-10,13-14H2,1-2H3,(H,23,26). The molecular weight excluding hydrogens is 331 g/mol. The van der Waals surface area contributed by atoms with Gasteiger partial charge in [0.25, 0.3) is 0 Å². The molecule has 6 heteroatoms. The van der Waals surface area contributed by atoms with Crippen LogP contribution in [0.25, 0.3) is 0 Å². The number of aromatic nitrogens is 1. The number of pyridine rings is 1. The second-order valence-corrected chi connectivity index (χ2v) is 6.87. The highest BCUT2D eigenvalue weighted by atomic mass is 19.1. The second kappa shape index (κ2) is 8.38. The molecule has 1 aromatic heterocycles. The maximum absolute atomic E-state index is 13.6. The number of amides is 1. The van der Waals surface area contributed by atoms with Crippen LogP contribution in [0.5, 0.6) is 0 Å². The normalized spacial score (nSPS) is 15.8. The molecule has 1 fully saturated rings. The summed E-state index contributed by atoms with van der Waals surface area (Å²) in [7, 11) is 0. The number of aryl methyl sites for hydroxylation is 2. The van der Waals surface area contributed by atoms with Gasteiger partial charge in [-0.1, -0.05) is 6.07 Å². The number of carbonyl (C=O) groups excluding carboxylic acids is 1. The van der Waals surface area contributed by atoms with Crippen LogP contribution in [0.2, 0.25) is 0 Å². The summed E-state index contributed by atoms with van der Waals surface area (Å²) in [5, 5.41) is 2.77. The molecule has 0 aliphatic carbocycles. The van der Waals surface area contributed by atoms with Crippen molar-refractivity contribution < 1.29 is 9.18 Å². The molecule has 1 N–H and O–H groups in total. The quantitative estimate of drug-likeness (QED) is 0.895. The van der Waals surface area contributed by atoms with E-state index in [-0.39, 0.29) is 11.7 Å². The Balaban J connectivity index is 1.45. The molecule has 2 aromatic rings. The molecule has 138 valence electrons. The lowest BCUT2D eigenvalue weighted by molar-refractivity contribution is -0.117. The highest BCUT2D eigenvalue weighted by Crippen LogP contribution is 2.14. The minimum Gasteiger partial charge on any atom is -0.325 e. The van der Waals surface area contributed by atoms with E-state index in [4.69, 9.17) is 0 Å². The van der Waals surface area contributed by atoms with E-state index in [1.54, 1.807) is 19.1 Å². The third-order valence-electron chi connectivity index (χ3n) is 4.83. The van der Waals surface area contributed by atoms with Crippen molar-refractivity contribution >= 4 is 11.6 Å². The zero-order valence-corrected chi connectivity index (χ0v) is 15.3. The number of hydrogen-bond acceptors (Lipinski definition) is 4. The van der Waals surface area contributed by atoms with Crippen molar-refractivity contribution in [3.8, 4) is 0 Å². The first-order valence-electron chi connectivity index (χ1n) is 8.91. The van der Waals surface area contributed by atoms with E-state index in [0.29, 0.717) is 17.8 Å². The highest BCUT2D eigenvalue weighted by Gasteiger charge is 2.19. The number of hydrogen-bond donors (Lipinski definition) is 1. The summed E-state index contributed by atoms with van der Waals surface area (Å²) in [5.41, 5.74) is 3.58. The van der Waals surface area contributed by atoms with E-state index >= 15 is 0 Å². The maximum Gasteiger partial charge on any atom is 0.238 e. The van der Waals surface area contributed by atoms with Crippen LogP contribution in [0.3, 0.4) is 0 Å². The van der Waals surface area contributed by atoms with Gasteiger partial charge >= 0.3 is 0 Å². The number of anilines is 1. The second-order valence-electron chi connectivity index (χ2n) is 6.87. The highest BCUT2D eigenvalue weighted by molar-refractivity contribution is 5.92. The Hall–Kier alpha value is -2.31. The molecule has 0 atom stereocenters. The monoisotopic (exact) mass is 356 g/mol. The Morgan fingerprint density at radius 3 is 2.54 bits per heavy atom. The number of carbonyl (C=O) groups is 1. The van der Waals surface area contributed by atoms with E-state index in [1.807, 2.05) is 18.5 Å². The molecule has 0 spiro atoms. The third kappa shape index (κ3) is 4.86. The molecule has 2 heterocycles. The molecule has 1 amide bonds. The third-order valence-corrected chi connectivity index (χ3v) is 4.83. The Labute approximate surface area is 153 Å². The lowest BCUT2D eigenvalue weighted by atomic mass is 10.1. The summed E-state index contributed by atoms with van der Waals surface area (Å²) >= 11 is 0. The number of benzene rings is 1. The van der Waals surface area contributed by atoms with Crippen molar-refractivity contribution in [3.63, 3.8) is 0 Å². The van der Waals surface area contributed by atoms with Crippen molar-refractivity contribution in [2.75, 3.05) is 38.0 Å². The molecule has 1 saturated heterocycles. The molecule has 0 unspecified atom stereocenters. The molecule has 0 radical (unpaired) electrons. The average Bonchev–Trinajstić information content (AvgIpc) is 2.62. The van der Waals surface area contributed by atoms with Crippen LogP contribution < -0.4 is 5.32 Å². The van der Waals surface area contributed by atoms with E-state index < -0.39 is 0 Å². The lowest BCUT2D eigenvalue weighted by Crippen LogP contribution is -2.48. The van der Waals surface area contributed by atoms with Gasteiger partial charge in [-0.2, -0.15) is 0 Å². The molecule has 0 bridgehead atoms. The fourth-order valence-electron chi connectivity index (χ4n) is 3.08. The topological polar surface area (TPSA) is 48.5 Å². The zero-order valence-electron chi connectivity index (χ0n) is 15.3. The van der Waals surface area contributed by atoms with Gasteiger partial charge in [-0.3, -0.25) is 19.6 Å². The van der Waals surface area contributed by atoms with E-state index in [0.717, 1.165) is 32.7 Å². The first kappa shape index (κ1) is 18.5. The van der Waals surface area contributed by atoms with Gasteiger partial charge in [-0.15, -0.1) is 0 Å². The molecule has 26 heavy (non-hydrogen) atoms. The Kier molecular flexibility index (Phi) is 5.96. The molecule has 0 saturated carbocycles. The number of halogens is 1. The van der Waals surface area contributed by atoms with Gasteiger partial charge in [-0.25, -0.2) is 4.39 Å². The average molecular weight is 356 g/mol. The predicted molar refractivity (Wildman–Crippen MR) is 100 cm³/mol. The van der Waals surface area contributed by atoms with Gasteiger partial charge in [0, 0.05) is 50.8 Å². The summed E-state index contributed by atoms with van der Waals surface area (Å²) in [4.78, 5) is 20.9. The van der Waals surface area contributed by atoms with Gasteiger partial charge in [-0.05, 0) is 48.7 Å². The van der Waals surface area contributed by atoms with Gasteiger partial charge in [0.15, 0.2) is 0 Å². The van der Waals surface area contributed by atoms with Gasteiger partial charge < -0.3 is 5.32 Å². The van der Waals surface area contributed by atoms with Gasteiger partial charge in [0.1, 0.15) is 5.82 Å².